The van der Waals surface area contributed by atoms with Crippen molar-refractivity contribution in [2.24, 2.45) is 5.73 Å². The van der Waals surface area contributed by atoms with E-state index in [4.69, 9.17) is 31.9 Å². The molecule has 0 spiro atoms. The number of rotatable bonds is 5. The first kappa shape index (κ1) is 13.6. The third-order valence-corrected chi connectivity index (χ3v) is 2.59. The second-order valence-corrected chi connectivity index (χ2v) is 3.84. The number of hydrogen-bond acceptors (Lipinski definition) is 4. The topological polar surface area (TPSA) is 81.8 Å². The predicted molar refractivity (Wildman–Crippen MR) is 63.7 cm³/mol. The molecule has 0 amide bonds. The summed E-state index contributed by atoms with van der Waals surface area (Å²) in [5.41, 5.74) is 6.31. The van der Waals surface area contributed by atoms with Gasteiger partial charge in [0.2, 0.25) is 0 Å². The van der Waals surface area contributed by atoms with Crippen molar-refractivity contribution in [2.75, 3.05) is 14.2 Å². The Morgan fingerprint density at radius 2 is 2.00 bits per heavy atom. The number of carboxylic acid groups (broad SMARTS) is 1. The van der Waals surface area contributed by atoms with Gasteiger partial charge in [0.15, 0.2) is 0 Å². The fourth-order valence-corrected chi connectivity index (χ4v) is 1.72. The van der Waals surface area contributed by atoms with Crippen molar-refractivity contribution in [3.8, 4) is 11.5 Å². The van der Waals surface area contributed by atoms with Crippen LogP contribution in [0.2, 0.25) is 5.02 Å². The van der Waals surface area contributed by atoms with E-state index >= 15 is 0 Å². The first-order valence-electron chi connectivity index (χ1n) is 4.88. The number of carbonyl (C=O) groups is 1. The van der Waals surface area contributed by atoms with E-state index in [1.54, 1.807) is 12.1 Å². The molecule has 5 nitrogen and oxygen atoms in total. The molecule has 0 bridgehead atoms. The van der Waals surface area contributed by atoms with Gasteiger partial charge in [-0.05, 0) is 6.07 Å². The minimum absolute atomic E-state index is 0.195. The third-order valence-electron chi connectivity index (χ3n) is 2.30. The highest BCUT2D eigenvalue weighted by Gasteiger charge is 2.18. The number of nitrogens with two attached hydrogens (primary N) is 1. The minimum Gasteiger partial charge on any atom is -0.496 e. The van der Waals surface area contributed by atoms with Gasteiger partial charge in [-0.1, -0.05) is 11.6 Å². The van der Waals surface area contributed by atoms with Gasteiger partial charge in [-0.2, -0.15) is 0 Å². The van der Waals surface area contributed by atoms with E-state index in [1.165, 1.54) is 14.2 Å². The molecule has 1 unspecified atom stereocenters. The fourth-order valence-electron chi connectivity index (χ4n) is 1.47. The monoisotopic (exact) mass is 259 g/mol. The lowest BCUT2D eigenvalue weighted by atomic mass is 10.0. The zero-order chi connectivity index (χ0) is 13.0. The van der Waals surface area contributed by atoms with Crippen LogP contribution in [0.4, 0.5) is 0 Å². The summed E-state index contributed by atoms with van der Waals surface area (Å²) < 4.78 is 10.2. The first-order valence-corrected chi connectivity index (χ1v) is 5.26. The SMILES string of the molecule is COc1cc(OC)c(C(N)CC(=O)O)cc1Cl. The van der Waals surface area contributed by atoms with Crippen LogP contribution in [0.1, 0.15) is 18.0 Å². The first-order chi connectivity index (χ1) is 7.99. The number of benzene rings is 1. The molecule has 0 saturated heterocycles. The summed E-state index contributed by atoms with van der Waals surface area (Å²) in [5, 5.41) is 9.07. The Morgan fingerprint density at radius 3 is 2.47 bits per heavy atom. The smallest absolute Gasteiger partial charge is 0.305 e. The van der Waals surface area contributed by atoms with E-state index < -0.39 is 12.0 Å². The number of hydrogen-bond donors (Lipinski definition) is 2. The molecule has 0 saturated carbocycles. The molecule has 17 heavy (non-hydrogen) atoms. The van der Waals surface area contributed by atoms with Crippen LogP contribution in [0, 0.1) is 0 Å². The summed E-state index contributed by atoms with van der Waals surface area (Å²) in [5.74, 6) is -0.0683. The maximum absolute atomic E-state index is 10.6. The summed E-state index contributed by atoms with van der Waals surface area (Å²) >= 11 is 5.96. The van der Waals surface area contributed by atoms with Crippen molar-refractivity contribution in [1.82, 2.24) is 0 Å². The van der Waals surface area contributed by atoms with Crippen LogP contribution in [0.3, 0.4) is 0 Å². The summed E-state index contributed by atoms with van der Waals surface area (Å²) in [7, 11) is 2.96. The van der Waals surface area contributed by atoms with Crippen molar-refractivity contribution < 1.29 is 19.4 Å². The highest BCUT2D eigenvalue weighted by atomic mass is 35.5. The molecule has 1 atom stereocenters. The van der Waals surface area contributed by atoms with Gasteiger partial charge in [-0.3, -0.25) is 4.79 Å². The molecule has 0 aromatic heterocycles. The molecule has 0 fully saturated rings. The van der Waals surface area contributed by atoms with Crippen LogP contribution >= 0.6 is 11.6 Å². The molecule has 6 heteroatoms. The van der Waals surface area contributed by atoms with Crippen LogP contribution in [0.5, 0.6) is 11.5 Å². The van der Waals surface area contributed by atoms with Gasteiger partial charge >= 0.3 is 5.97 Å². The Balaban J connectivity index is 3.13. The molecule has 94 valence electrons. The highest BCUT2D eigenvalue weighted by Crippen LogP contribution is 2.35. The molecule has 1 aromatic carbocycles. The van der Waals surface area contributed by atoms with Gasteiger partial charge in [-0.15, -0.1) is 0 Å². The normalized spacial score (nSPS) is 12.0. The quantitative estimate of drug-likeness (QED) is 0.843. The molecule has 0 heterocycles. The van der Waals surface area contributed by atoms with Crippen LogP contribution < -0.4 is 15.2 Å². The molecule has 1 rings (SSSR count). The van der Waals surface area contributed by atoms with Crippen LogP contribution in [-0.4, -0.2) is 25.3 Å². The van der Waals surface area contributed by atoms with Crippen molar-refractivity contribution in [2.45, 2.75) is 12.5 Å². The van der Waals surface area contributed by atoms with E-state index in [1.807, 2.05) is 0 Å². The molecule has 0 aliphatic carbocycles. The fraction of sp³-hybridized carbons (Fsp3) is 0.364. The Bertz CT molecular complexity index is 422. The molecular formula is C11H14ClNO4. The van der Waals surface area contributed by atoms with Gasteiger partial charge in [0.1, 0.15) is 11.5 Å². The zero-order valence-corrected chi connectivity index (χ0v) is 10.3. The van der Waals surface area contributed by atoms with E-state index in [9.17, 15) is 4.79 Å². The lowest BCUT2D eigenvalue weighted by Crippen LogP contribution is -2.16. The maximum Gasteiger partial charge on any atom is 0.305 e. The van der Waals surface area contributed by atoms with Crippen molar-refractivity contribution in [3.63, 3.8) is 0 Å². The average Bonchev–Trinajstić information content (AvgIpc) is 2.27. The van der Waals surface area contributed by atoms with Gasteiger partial charge in [0.25, 0.3) is 0 Å². The van der Waals surface area contributed by atoms with E-state index in [2.05, 4.69) is 0 Å². The number of methoxy groups -OCH3 is 2. The van der Waals surface area contributed by atoms with Crippen LogP contribution in [0.25, 0.3) is 0 Å². The predicted octanol–water partition coefficient (Wildman–Crippen LogP) is 1.83. The van der Waals surface area contributed by atoms with Gasteiger partial charge < -0.3 is 20.3 Å². The van der Waals surface area contributed by atoms with Crippen molar-refractivity contribution in [1.29, 1.82) is 0 Å². The maximum atomic E-state index is 10.6. The van der Waals surface area contributed by atoms with E-state index in [0.29, 0.717) is 22.1 Å². The number of halogens is 1. The molecular weight excluding hydrogens is 246 g/mol. The number of carboxylic acids is 1. The van der Waals surface area contributed by atoms with Gasteiger partial charge in [0.05, 0.1) is 25.7 Å². The van der Waals surface area contributed by atoms with Gasteiger partial charge in [0, 0.05) is 17.7 Å². The second kappa shape index (κ2) is 5.75. The summed E-state index contributed by atoms with van der Waals surface area (Å²) in [4.78, 5) is 10.6. The summed E-state index contributed by atoms with van der Waals surface area (Å²) in [6.07, 6.45) is -0.195. The Morgan fingerprint density at radius 1 is 1.41 bits per heavy atom. The largest absolute Gasteiger partial charge is 0.496 e. The zero-order valence-electron chi connectivity index (χ0n) is 9.57. The number of ether oxygens (including phenoxy) is 2. The third kappa shape index (κ3) is 3.25. The Kier molecular flexibility index (Phi) is 4.60. The van der Waals surface area contributed by atoms with E-state index in [-0.39, 0.29) is 6.42 Å². The average molecular weight is 260 g/mol. The molecule has 1 aromatic rings. The number of aliphatic carboxylic acids is 1. The second-order valence-electron chi connectivity index (χ2n) is 3.43. The lowest BCUT2D eigenvalue weighted by molar-refractivity contribution is -0.137. The molecule has 0 aliphatic rings. The van der Waals surface area contributed by atoms with Crippen molar-refractivity contribution in [3.05, 3.63) is 22.7 Å². The van der Waals surface area contributed by atoms with Crippen LogP contribution in [-0.2, 0) is 4.79 Å². The standard InChI is InChI=1S/C11H14ClNO4/c1-16-9-5-10(17-2)7(12)3-6(9)8(13)4-11(14)15/h3,5,8H,4,13H2,1-2H3,(H,14,15). The Hall–Kier alpha value is -1.46. The van der Waals surface area contributed by atoms with E-state index in [0.717, 1.165) is 0 Å². The summed E-state index contributed by atoms with van der Waals surface area (Å²) in [6, 6.07) is 2.47. The molecule has 0 radical (unpaired) electrons. The lowest BCUT2D eigenvalue weighted by Gasteiger charge is -2.16. The van der Waals surface area contributed by atoms with Crippen LogP contribution in [0.15, 0.2) is 12.1 Å². The summed E-state index contributed by atoms with van der Waals surface area (Å²) in [6.45, 7) is 0. The van der Waals surface area contributed by atoms with Crippen molar-refractivity contribution >= 4 is 17.6 Å². The molecule has 3 N–H and O–H groups in total. The molecule has 0 aliphatic heterocycles. The highest BCUT2D eigenvalue weighted by molar-refractivity contribution is 6.32. The Labute approximate surface area is 104 Å². The minimum atomic E-state index is -0.980. The van der Waals surface area contributed by atoms with Gasteiger partial charge in [-0.25, -0.2) is 0 Å².